The highest BCUT2D eigenvalue weighted by Gasteiger charge is 2.32. The van der Waals surface area contributed by atoms with Gasteiger partial charge >= 0.3 is 12.1 Å². The van der Waals surface area contributed by atoms with E-state index < -0.39 is 23.5 Å². The first kappa shape index (κ1) is 29.2. The fourth-order valence-corrected chi connectivity index (χ4v) is 5.74. The Morgan fingerprint density at radius 1 is 1.02 bits per heavy atom. The van der Waals surface area contributed by atoms with E-state index in [1.807, 2.05) is 30.3 Å². The molecule has 1 heterocycles. The minimum Gasteiger partial charge on any atom is -0.492 e. The minimum atomic E-state index is -4.45. The molecule has 1 aromatic heterocycles. The summed E-state index contributed by atoms with van der Waals surface area (Å²) >= 11 is 0. The molecule has 4 aromatic rings. The van der Waals surface area contributed by atoms with Gasteiger partial charge in [0.05, 0.1) is 12.1 Å². The van der Waals surface area contributed by atoms with Gasteiger partial charge < -0.3 is 19.3 Å². The summed E-state index contributed by atoms with van der Waals surface area (Å²) in [6.07, 6.45) is -2.16. The van der Waals surface area contributed by atoms with Crippen LogP contribution in [0.25, 0.3) is 10.9 Å². The van der Waals surface area contributed by atoms with Gasteiger partial charge in [-0.15, -0.1) is 0 Å². The van der Waals surface area contributed by atoms with Crippen LogP contribution in [0.4, 0.5) is 17.6 Å². The van der Waals surface area contributed by atoms with E-state index in [-0.39, 0.29) is 43.8 Å². The van der Waals surface area contributed by atoms with Gasteiger partial charge in [0, 0.05) is 29.1 Å². The Kier molecular flexibility index (Phi) is 8.51. The zero-order chi connectivity index (χ0) is 29.9. The van der Waals surface area contributed by atoms with E-state index in [0.717, 1.165) is 29.0 Å². The van der Waals surface area contributed by atoms with Gasteiger partial charge in [-0.2, -0.15) is 13.2 Å². The van der Waals surface area contributed by atoms with Gasteiger partial charge in [0.2, 0.25) is 5.91 Å². The predicted octanol–water partition coefficient (Wildman–Crippen LogP) is 6.28. The van der Waals surface area contributed by atoms with Crippen LogP contribution in [-0.2, 0) is 41.6 Å². The highest BCUT2D eigenvalue weighted by molar-refractivity contribution is 5.87. The monoisotopic (exact) mass is 582 g/mol. The molecule has 0 saturated heterocycles. The third kappa shape index (κ3) is 6.58. The van der Waals surface area contributed by atoms with Crippen LogP contribution in [0.15, 0.2) is 72.8 Å². The largest absolute Gasteiger partial charge is 0.492 e. The average Bonchev–Trinajstić information content (AvgIpc) is 3.25. The Hall–Kier alpha value is -4.34. The van der Waals surface area contributed by atoms with Gasteiger partial charge in [0.15, 0.2) is 0 Å². The van der Waals surface area contributed by atoms with Crippen molar-refractivity contribution >= 4 is 22.8 Å². The molecule has 0 saturated carbocycles. The molecule has 1 aliphatic carbocycles. The predicted molar refractivity (Wildman–Crippen MR) is 149 cm³/mol. The summed E-state index contributed by atoms with van der Waals surface area (Å²) in [7, 11) is 0. The lowest BCUT2D eigenvalue weighted by atomic mass is 9.90. The number of carbonyl (C=O) groups is 2. The number of carboxylic acids is 1. The van der Waals surface area contributed by atoms with Crippen molar-refractivity contribution in [3.8, 4) is 5.75 Å². The maximum absolute atomic E-state index is 14.3. The number of carboxylic acid groups (broad SMARTS) is 1. The molecule has 6 nitrogen and oxygen atoms in total. The number of aryl methyl sites for hydroxylation is 1. The number of rotatable bonds is 10. The highest BCUT2D eigenvalue weighted by Crippen LogP contribution is 2.35. The van der Waals surface area contributed by atoms with Crippen molar-refractivity contribution in [2.24, 2.45) is 0 Å². The SMILES string of the molecule is O=C(O)Cn1c2c(c3cc(F)ccc31)CC(N(CCOc1ccc(C(F)(F)F)cc1)C(=O)CCc1ccccc1)CC2. The summed E-state index contributed by atoms with van der Waals surface area (Å²) < 4.78 is 60.5. The Morgan fingerprint density at radius 2 is 1.76 bits per heavy atom. The maximum atomic E-state index is 14.3. The van der Waals surface area contributed by atoms with Crippen LogP contribution in [0.5, 0.6) is 5.75 Å². The third-order valence-electron chi connectivity index (χ3n) is 7.71. The number of aromatic nitrogens is 1. The van der Waals surface area contributed by atoms with Crippen LogP contribution in [0.2, 0.25) is 0 Å². The van der Waals surface area contributed by atoms with Crippen LogP contribution >= 0.6 is 0 Å². The van der Waals surface area contributed by atoms with Crippen molar-refractivity contribution in [1.82, 2.24) is 9.47 Å². The maximum Gasteiger partial charge on any atom is 0.416 e. The molecule has 1 atom stereocenters. The molecule has 3 aromatic carbocycles. The van der Waals surface area contributed by atoms with Crippen molar-refractivity contribution < 1.29 is 37.0 Å². The zero-order valence-electron chi connectivity index (χ0n) is 22.7. The normalized spacial score (nSPS) is 14.9. The standard InChI is InChI=1S/C32H30F4N2O4/c33-23-9-13-28-26(18-23)27-19-24(10-14-29(27)38(28)20-31(40)41)37(30(39)15-6-21-4-2-1-3-5-21)16-17-42-25-11-7-22(8-12-25)32(34,35)36/h1-5,7-9,11-13,18,24H,6,10,14-17,19-20H2,(H,40,41). The molecule has 1 amide bonds. The number of carbonyl (C=O) groups excluding carboxylic acids is 1. The van der Waals surface area contributed by atoms with E-state index in [1.54, 1.807) is 15.5 Å². The zero-order valence-corrected chi connectivity index (χ0v) is 22.7. The molecule has 10 heteroatoms. The van der Waals surface area contributed by atoms with Gasteiger partial charge in [0.25, 0.3) is 0 Å². The fraction of sp³-hybridized carbons (Fsp3) is 0.312. The molecule has 0 aliphatic heterocycles. The minimum absolute atomic E-state index is 0.0706. The quantitative estimate of drug-likeness (QED) is 0.224. The Labute approximate surface area is 240 Å². The number of halogens is 4. The Bertz CT molecular complexity index is 1570. The van der Waals surface area contributed by atoms with Crippen molar-refractivity contribution in [2.45, 2.75) is 50.9 Å². The molecule has 0 fully saturated rings. The molecule has 0 spiro atoms. The topological polar surface area (TPSA) is 71.8 Å². The number of aliphatic carboxylic acids is 1. The Morgan fingerprint density at radius 3 is 2.45 bits per heavy atom. The number of fused-ring (bicyclic) bond motifs is 3. The molecule has 1 unspecified atom stereocenters. The number of nitrogens with zero attached hydrogens (tertiary/aromatic N) is 2. The van der Waals surface area contributed by atoms with Crippen molar-refractivity contribution in [3.05, 3.63) is 101 Å². The summed E-state index contributed by atoms with van der Waals surface area (Å²) in [4.78, 5) is 26.9. The third-order valence-corrected chi connectivity index (χ3v) is 7.71. The molecule has 1 aliphatic rings. The van der Waals surface area contributed by atoms with E-state index in [4.69, 9.17) is 4.74 Å². The molecule has 0 radical (unpaired) electrons. The number of ether oxygens (including phenoxy) is 1. The van der Waals surface area contributed by atoms with Crippen LogP contribution in [-0.4, -0.2) is 45.6 Å². The first-order valence-electron chi connectivity index (χ1n) is 13.7. The van der Waals surface area contributed by atoms with Crippen molar-refractivity contribution in [1.29, 1.82) is 0 Å². The molecular weight excluding hydrogens is 552 g/mol. The average molecular weight is 583 g/mol. The molecule has 5 rings (SSSR count). The van der Waals surface area contributed by atoms with Gasteiger partial charge in [0.1, 0.15) is 24.7 Å². The summed E-state index contributed by atoms with van der Waals surface area (Å²) in [6, 6.07) is 18.1. The molecule has 42 heavy (non-hydrogen) atoms. The second-order valence-electron chi connectivity index (χ2n) is 10.4. The highest BCUT2D eigenvalue weighted by atomic mass is 19.4. The summed E-state index contributed by atoms with van der Waals surface area (Å²) in [5, 5.41) is 10.1. The molecule has 220 valence electrons. The molecular formula is C32H30F4N2O4. The van der Waals surface area contributed by atoms with Gasteiger partial charge in [-0.3, -0.25) is 9.59 Å². The first-order chi connectivity index (χ1) is 20.1. The number of hydrogen-bond acceptors (Lipinski definition) is 3. The summed E-state index contributed by atoms with van der Waals surface area (Å²) in [5.74, 6) is -1.26. The second kappa shape index (κ2) is 12.3. The number of benzene rings is 3. The van der Waals surface area contributed by atoms with E-state index in [9.17, 15) is 32.3 Å². The van der Waals surface area contributed by atoms with Crippen LogP contribution in [0.1, 0.15) is 35.2 Å². The van der Waals surface area contributed by atoms with Gasteiger partial charge in [-0.25, -0.2) is 4.39 Å². The van der Waals surface area contributed by atoms with Gasteiger partial charge in [-0.05, 0) is 79.3 Å². The van der Waals surface area contributed by atoms with Gasteiger partial charge in [-0.1, -0.05) is 30.3 Å². The first-order valence-corrected chi connectivity index (χ1v) is 13.7. The summed E-state index contributed by atoms with van der Waals surface area (Å²) in [5.41, 5.74) is 2.53. The smallest absolute Gasteiger partial charge is 0.416 e. The lowest BCUT2D eigenvalue weighted by molar-refractivity contribution is -0.138. The number of alkyl halides is 3. The lowest BCUT2D eigenvalue weighted by Gasteiger charge is -2.35. The van der Waals surface area contributed by atoms with Crippen molar-refractivity contribution in [2.75, 3.05) is 13.2 Å². The Balaban J connectivity index is 1.37. The number of amides is 1. The van der Waals surface area contributed by atoms with Crippen LogP contribution < -0.4 is 4.74 Å². The van der Waals surface area contributed by atoms with Crippen LogP contribution in [0, 0.1) is 5.82 Å². The van der Waals surface area contributed by atoms with Crippen LogP contribution in [0.3, 0.4) is 0 Å². The molecule has 1 N–H and O–H groups in total. The van der Waals surface area contributed by atoms with E-state index >= 15 is 0 Å². The van der Waals surface area contributed by atoms with E-state index in [2.05, 4.69) is 0 Å². The summed E-state index contributed by atoms with van der Waals surface area (Å²) in [6.45, 7) is 0.0286. The van der Waals surface area contributed by atoms with Crippen molar-refractivity contribution in [3.63, 3.8) is 0 Å². The fourth-order valence-electron chi connectivity index (χ4n) is 5.74. The lowest BCUT2D eigenvalue weighted by Crippen LogP contribution is -2.45. The van der Waals surface area contributed by atoms with E-state index in [1.165, 1.54) is 24.3 Å². The molecule has 0 bridgehead atoms. The van der Waals surface area contributed by atoms with E-state index in [0.29, 0.717) is 36.6 Å². The number of hydrogen-bond donors (Lipinski definition) is 1. The second-order valence-corrected chi connectivity index (χ2v) is 10.4.